The summed E-state index contributed by atoms with van der Waals surface area (Å²) < 4.78 is 4.99. The quantitative estimate of drug-likeness (QED) is 0.371. The van der Waals surface area contributed by atoms with E-state index in [-0.39, 0.29) is 27.6 Å². The summed E-state index contributed by atoms with van der Waals surface area (Å²) in [5.74, 6) is 0.673. The summed E-state index contributed by atoms with van der Waals surface area (Å²) in [7, 11) is 0. The van der Waals surface area contributed by atoms with Gasteiger partial charge in [-0.05, 0) is 74.8 Å². The van der Waals surface area contributed by atoms with Gasteiger partial charge in [0.2, 0.25) is 0 Å². The zero-order chi connectivity index (χ0) is 30.6. The van der Waals surface area contributed by atoms with Gasteiger partial charge in [0.1, 0.15) is 11.5 Å². The van der Waals surface area contributed by atoms with Gasteiger partial charge in [0.25, 0.3) is 0 Å². The molecule has 0 saturated heterocycles. The third-order valence-electron chi connectivity index (χ3n) is 6.90. The Bertz CT molecular complexity index is 1040. The zero-order valence-electron chi connectivity index (χ0n) is 27.3. The molecule has 0 aliphatic carbocycles. The predicted octanol–water partition coefficient (Wildman–Crippen LogP) is 9.03. The van der Waals surface area contributed by atoms with Crippen LogP contribution in [0, 0.1) is 0 Å². The van der Waals surface area contributed by atoms with Crippen molar-refractivity contribution in [3.63, 3.8) is 0 Å². The fraction of sp³-hybridized carbons (Fsp3) is 0.629. The summed E-state index contributed by atoms with van der Waals surface area (Å²) in [6.45, 7) is 29.8. The Morgan fingerprint density at radius 3 is 1.18 bits per heavy atom. The van der Waals surface area contributed by atoms with Gasteiger partial charge in [0.15, 0.2) is 0 Å². The van der Waals surface area contributed by atoms with E-state index in [2.05, 4.69) is 102 Å². The van der Waals surface area contributed by atoms with E-state index in [0.717, 1.165) is 34.2 Å². The van der Waals surface area contributed by atoms with Crippen LogP contribution in [0.1, 0.15) is 137 Å². The van der Waals surface area contributed by atoms with Crippen LogP contribution in [0.2, 0.25) is 0 Å². The van der Waals surface area contributed by atoms with Crippen molar-refractivity contribution in [2.75, 3.05) is 6.61 Å². The number of phenols is 2. The molecule has 2 aromatic carbocycles. The summed E-state index contributed by atoms with van der Waals surface area (Å²) in [5.41, 5.74) is 6.01. The second-order valence-corrected chi connectivity index (χ2v) is 14.7. The van der Waals surface area contributed by atoms with Gasteiger partial charge in [0.05, 0.1) is 6.61 Å². The smallest absolute Gasteiger partial charge is 0.306 e. The average Bonchev–Trinajstić information content (AvgIpc) is 2.76. The summed E-state index contributed by atoms with van der Waals surface area (Å²) >= 11 is 0. The zero-order valence-corrected chi connectivity index (χ0v) is 27.3. The Morgan fingerprint density at radius 2 is 0.923 bits per heavy atom. The number of aromatic hydroxyl groups is 2. The van der Waals surface area contributed by atoms with Crippen molar-refractivity contribution < 1.29 is 19.7 Å². The minimum absolute atomic E-state index is 0.0186. The molecule has 0 atom stereocenters. The largest absolute Gasteiger partial charge is 0.507 e. The molecule has 0 spiro atoms. The fourth-order valence-corrected chi connectivity index (χ4v) is 4.50. The number of esters is 1. The molecule has 0 aliphatic rings. The Morgan fingerprint density at radius 1 is 0.615 bits per heavy atom. The van der Waals surface area contributed by atoms with Crippen molar-refractivity contribution in [2.45, 2.75) is 138 Å². The molecule has 0 saturated carbocycles. The first kappa shape index (κ1) is 34.5. The van der Waals surface area contributed by atoms with Crippen molar-refractivity contribution in [3.05, 3.63) is 57.6 Å². The highest BCUT2D eigenvalue weighted by atomic mass is 16.5. The predicted molar refractivity (Wildman–Crippen MR) is 165 cm³/mol. The monoisotopic (exact) mass is 540 g/mol. The van der Waals surface area contributed by atoms with E-state index in [1.165, 1.54) is 5.56 Å². The van der Waals surface area contributed by atoms with E-state index in [4.69, 9.17) is 4.74 Å². The maximum absolute atomic E-state index is 11.6. The molecule has 0 heterocycles. The normalized spacial score (nSPS) is 12.6. The molecule has 2 N–H and O–H groups in total. The second kappa shape index (κ2) is 12.8. The number of phenolic OH excluding ortho intramolecular Hbond substituents is 2. The molecular formula is C35H56O4. The van der Waals surface area contributed by atoms with Crippen LogP contribution in [0.3, 0.4) is 0 Å². The lowest BCUT2D eigenvalue weighted by Gasteiger charge is -2.28. The van der Waals surface area contributed by atoms with E-state index >= 15 is 0 Å². The van der Waals surface area contributed by atoms with Crippen molar-refractivity contribution in [1.29, 1.82) is 0 Å². The number of rotatable bonds is 5. The molecule has 0 radical (unpaired) electrons. The number of benzene rings is 2. The van der Waals surface area contributed by atoms with Crippen LogP contribution in [0.25, 0.3) is 0 Å². The van der Waals surface area contributed by atoms with Crippen molar-refractivity contribution in [2.24, 2.45) is 0 Å². The third-order valence-corrected chi connectivity index (χ3v) is 6.90. The minimum Gasteiger partial charge on any atom is -0.507 e. The van der Waals surface area contributed by atoms with E-state index in [9.17, 15) is 15.0 Å². The fourth-order valence-electron chi connectivity index (χ4n) is 4.50. The Kier molecular flexibility index (Phi) is 11.3. The molecule has 0 unspecified atom stereocenters. The lowest BCUT2D eigenvalue weighted by molar-refractivity contribution is -0.143. The van der Waals surface area contributed by atoms with E-state index < -0.39 is 0 Å². The van der Waals surface area contributed by atoms with Crippen LogP contribution in [-0.4, -0.2) is 22.8 Å². The van der Waals surface area contributed by atoms with E-state index in [0.29, 0.717) is 30.9 Å². The molecule has 4 heteroatoms. The van der Waals surface area contributed by atoms with Gasteiger partial charge < -0.3 is 14.9 Å². The topological polar surface area (TPSA) is 66.8 Å². The first-order valence-electron chi connectivity index (χ1n) is 14.4. The molecule has 2 rings (SSSR count). The standard InChI is InChI=1S/C19H30O3.C16H26O/c1-8-22-16(20)10-9-13-11-14(18(2,3)4)17(21)15(12-13)19(5,6)7;1-8-11-9-12(15(2,3)4)14(17)13(10-11)16(5,6)7/h11-12,21H,8-10H2,1-7H3;9-10,17H,8H2,1-7H3. The van der Waals surface area contributed by atoms with Crippen LogP contribution in [0.4, 0.5) is 0 Å². The van der Waals surface area contributed by atoms with Gasteiger partial charge in [-0.15, -0.1) is 0 Å². The van der Waals surface area contributed by atoms with Gasteiger partial charge in [-0.2, -0.15) is 0 Å². The van der Waals surface area contributed by atoms with Crippen LogP contribution < -0.4 is 0 Å². The first-order valence-corrected chi connectivity index (χ1v) is 14.4. The third kappa shape index (κ3) is 9.89. The van der Waals surface area contributed by atoms with Crippen LogP contribution in [-0.2, 0) is 44.0 Å². The highest BCUT2D eigenvalue weighted by Crippen LogP contribution is 2.41. The number of carbonyl (C=O) groups excluding carboxylic acids is 1. The first-order chi connectivity index (χ1) is 17.5. The maximum atomic E-state index is 11.6. The lowest BCUT2D eigenvalue weighted by atomic mass is 9.78. The van der Waals surface area contributed by atoms with Crippen molar-refractivity contribution in [1.82, 2.24) is 0 Å². The molecule has 0 aliphatic heterocycles. The molecule has 0 amide bonds. The molecule has 2 aromatic rings. The molecule has 0 aromatic heterocycles. The summed E-state index contributed by atoms with van der Waals surface area (Å²) in [6.07, 6.45) is 2.00. The molecule has 0 fully saturated rings. The second-order valence-electron chi connectivity index (χ2n) is 14.7. The summed E-state index contributed by atoms with van der Waals surface area (Å²) in [5, 5.41) is 21.1. The number of carbonyl (C=O) groups is 1. The number of ether oxygens (including phenoxy) is 1. The van der Waals surface area contributed by atoms with Gasteiger partial charge in [-0.3, -0.25) is 4.79 Å². The molecule has 0 bridgehead atoms. The Hall–Kier alpha value is -2.49. The van der Waals surface area contributed by atoms with Crippen LogP contribution in [0.5, 0.6) is 11.5 Å². The summed E-state index contributed by atoms with van der Waals surface area (Å²) in [4.78, 5) is 11.6. The van der Waals surface area contributed by atoms with Crippen molar-refractivity contribution >= 4 is 5.97 Å². The molecule has 220 valence electrons. The number of hydrogen-bond acceptors (Lipinski definition) is 4. The van der Waals surface area contributed by atoms with Crippen LogP contribution in [0.15, 0.2) is 24.3 Å². The number of hydrogen-bond donors (Lipinski definition) is 2. The van der Waals surface area contributed by atoms with Gasteiger partial charge >= 0.3 is 5.97 Å². The van der Waals surface area contributed by atoms with E-state index in [1.54, 1.807) is 0 Å². The van der Waals surface area contributed by atoms with Crippen molar-refractivity contribution in [3.8, 4) is 11.5 Å². The Labute approximate surface area is 239 Å². The van der Waals surface area contributed by atoms with Gasteiger partial charge in [-0.25, -0.2) is 0 Å². The Balaban J connectivity index is 0.000000403. The lowest BCUT2D eigenvalue weighted by Crippen LogP contribution is -2.18. The highest BCUT2D eigenvalue weighted by molar-refractivity contribution is 5.69. The molecule has 4 nitrogen and oxygen atoms in total. The van der Waals surface area contributed by atoms with Gasteiger partial charge in [0, 0.05) is 6.42 Å². The minimum atomic E-state index is -0.176. The summed E-state index contributed by atoms with van der Waals surface area (Å²) in [6, 6.07) is 8.32. The maximum Gasteiger partial charge on any atom is 0.306 e. The van der Waals surface area contributed by atoms with E-state index in [1.807, 2.05) is 19.1 Å². The average molecular weight is 541 g/mol. The van der Waals surface area contributed by atoms with Crippen LogP contribution >= 0.6 is 0 Å². The molecule has 39 heavy (non-hydrogen) atoms. The van der Waals surface area contributed by atoms with Gasteiger partial charge in [-0.1, -0.05) is 114 Å². The molecular weight excluding hydrogens is 484 g/mol. The number of aryl methyl sites for hydroxylation is 2. The SMILES string of the molecule is CCOC(=O)CCc1cc(C(C)(C)C)c(O)c(C(C)(C)C)c1.CCc1cc(C(C)(C)C)c(O)c(C(C)(C)C)c1. The highest BCUT2D eigenvalue weighted by Gasteiger charge is 2.27.